The topological polar surface area (TPSA) is 56.4 Å². The second kappa shape index (κ2) is 7.15. The van der Waals surface area contributed by atoms with Crippen molar-refractivity contribution in [3.63, 3.8) is 0 Å². The molecule has 0 bridgehead atoms. The fourth-order valence-electron chi connectivity index (χ4n) is 2.35. The van der Waals surface area contributed by atoms with Gasteiger partial charge in [0, 0.05) is 18.4 Å². The number of H-pyrrole nitrogens is 1. The van der Waals surface area contributed by atoms with Gasteiger partial charge >= 0.3 is 0 Å². The Kier molecular flexibility index (Phi) is 5.00. The minimum atomic E-state index is 0.300. The van der Waals surface area contributed by atoms with Gasteiger partial charge in [-0.15, -0.1) is 0 Å². The van der Waals surface area contributed by atoms with Gasteiger partial charge < -0.3 is 19.2 Å². The van der Waals surface area contributed by atoms with Crippen LogP contribution >= 0.6 is 11.8 Å². The molecule has 1 N–H and O–H groups in total. The van der Waals surface area contributed by atoms with Crippen LogP contribution in [0, 0.1) is 0 Å². The third kappa shape index (κ3) is 3.90. The van der Waals surface area contributed by atoms with Crippen molar-refractivity contribution in [2.75, 3.05) is 32.7 Å². The van der Waals surface area contributed by atoms with E-state index in [2.05, 4.69) is 9.97 Å². The Hall–Kier alpha value is -1.24. The minimum absolute atomic E-state index is 0.300. The fourth-order valence-corrected chi connectivity index (χ4v) is 3.09. The number of hydrogen-bond donors (Lipinski definition) is 1. The zero-order valence-electron chi connectivity index (χ0n) is 12.1. The average molecular weight is 308 g/mol. The first-order valence-electron chi connectivity index (χ1n) is 7.21. The zero-order chi connectivity index (χ0) is 14.5. The van der Waals surface area contributed by atoms with E-state index in [-0.39, 0.29) is 0 Å². The summed E-state index contributed by atoms with van der Waals surface area (Å²) in [6.07, 6.45) is 2.58. The highest BCUT2D eigenvalue weighted by Crippen LogP contribution is 2.23. The number of rotatable bonds is 7. The molecule has 6 heteroatoms. The number of hydrogen-bond acceptors (Lipinski definition) is 5. The highest BCUT2D eigenvalue weighted by molar-refractivity contribution is 7.99. The molecule has 1 aliphatic heterocycles. The molecule has 1 atom stereocenters. The zero-order valence-corrected chi connectivity index (χ0v) is 12.9. The first kappa shape index (κ1) is 14.7. The second-order valence-electron chi connectivity index (χ2n) is 4.98. The predicted octanol–water partition coefficient (Wildman–Crippen LogP) is 2.86. The maximum absolute atomic E-state index is 5.64. The smallest absolute Gasteiger partial charge is 0.166 e. The number of nitrogens with zero attached hydrogens (tertiary/aromatic N) is 1. The van der Waals surface area contributed by atoms with Gasteiger partial charge in [0.1, 0.15) is 5.75 Å². The van der Waals surface area contributed by atoms with Crippen molar-refractivity contribution >= 4 is 22.8 Å². The van der Waals surface area contributed by atoms with Crippen molar-refractivity contribution in [3.05, 3.63) is 18.2 Å². The summed E-state index contributed by atoms with van der Waals surface area (Å²) in [5.41, 5.74) is 1.95. The number of aromatic amines is 1. The largest absolute Gasteiger partial charge is 0.497 e. The van der Waals surface area contributed by atoms with Crippen LogP contribution in [0.5, 0.6) is 5.75 Å². The molecule has 5 nitrogen and oxygen atoms in total. The molecule has 1 saturated heterocycles. The Bertz CT molecular complexity index is 581. The molecule has 0 spiro atoms. The molecule has 1 aliphatic rings. The highest BCUT2D eigenvalue weighted by atomic mass is 32.2. The predicted molar refractivity (Wildman–Crippen MR) is 83.2 cm³/mol. The Morgan fingerprint density at radius 2 is 2.43 bits per heavy atom. The monoisotopic (exact) mass is 308 g/mol. The van der Waals surface area contributed by atoms with Crippen LogP contribution < -0.4 is 4.74 Å². The second-order valence-corrected chi connectivity index (χ2v) is 6.07. The van der Waals surface area contributed by atoms with Crippen molar-refractivity contribution in [3.8, 4) is 5.75 Å². The minimum Gasteiger partial charge on any atom is -0.497 e. The molecule has 0 saturated carbocycles. The van der Waals surface area contributed by atoms with E-state index in [9.17, 15) is 0 Å². The number of ether oxygens (including phenoxy) is 3. The summed E-state index contributed by atoms with van der Waals surface area (Å²) >= 11 is 1.67. The maximum Gasteiger partial charge on any atom is 0.166 e. The van der Waals surface area contributed by atoms with Crippen LogP contribution in [0.25, 0.3) is 11.0 Å². The molecule has 114 valence electrons. The Labute approximate surface area is 128 Å². The van der Waals surface area contributed by atoms with E-state index in [0.717, 1.165) is 47.1 Å². The molecule has 0 radical (unpaired) electrons. The van der Waals surface area contributed by atoms with Gasteiger partial charge in [-0.25, -0.2) is 4.98 Å². The van der Waals surface area contributed by atoms with E-state index in [4.69, 9.17) is 14.2 Å². The molecule has 0 aliphatic carbocycles. The lowest BCUT2D eigenvalue weighted by molar-refractivity contribution is 0.0226. The first-order valence-corrected chi connectivity index (χ1v) is 8.19. The van der Waals surface area contributed by atoms with Gasteiger partial charge in [-0.1, -0.05) is 11.8 Å². The van der Waals surface area contributed by atoms with E-state index in [1.54, 1.807) is 18.9 Å². The summed E-state index contributed by atoms with van der Waals surface area (Å²) in [5.74, 6) is 1.71. The fraction of sp³-hybridized carbons (Fsp3) is 0.533. The molecule has 1 unspecified atom stereocenters. The Balaban J connectivity index is 1.44. The first-order chi connectivity index (χ1) is 10.3. The molecule has 3 rings (SSSR count). The number of thioether (sulfide) groups is 1. The van der Waals surface area contributed by atoms with Crippen molar-refractivity contribution in [1.29, 1.82) is 0 Å². The molecular formula is C15H20N2O3S. The molecule has 21 heavy (non-hydrogen) atoms. The molecule has 1 aromatic heterocycles. The molecule has 2 aromatic rings. The van der Waals surface area contributed by atoms with Gasteiger partial charge in [0.15, 0.2) is 5.16 Å². The summed E-state index contributed by atoms with van der Waals surface area (Å²) < 4.78 is 16.4. The standard InChI is InChI=1S/C15H20N2O3S/c1-18-11-4-5-13-14(9-11)17-15(16-13)21-8-7-19-10-12-3-2-6-20-12/h4-5,9,12H,2-3,6-8,10H2,1H3,(H,16,17). The lowest BCUT2D eigenvalue weighted by Gasteiger charge is -2.09. The molecule has 1 fully saturated rings. The van der Waals surface area contributed by atoms with Gasteiger partial charge in [0.25, 0.3) is 0 Å². The molecule has 0 amide bonds. The van der Waals surface area contributed by atoms with Crippen molar-refractivity contribution in [2.45, 2.75) is 24.1 Å². The van der Waals surface area contributed by atoms with Crippen molar-refractivity contribution in [2.24, 2.45) is 0 Å². The lowest BCUT2D eigenvalue weighted by Crippen LogP contribution is -2.15. The summed E-state index contributed by atoms with van der Waals surface area (Å²) in [7, 11) is 1.67. The van der Waals surface area contributed by atoms with Crippen LogP contribution in [0.3, 0.4) is 0 Å². The van der Waals surface area contributed by atoms with Crippen LogP contribution in [0.2, 0.25) is 0 Å². The van der Waals surface area contributed by atoms with Crippen LogP contribution in [0.4, 0.5) is 0 Å². The maximum atomic E-state index is 5.64. The normalized spacial score (nSPS) is 18.4. The number of fused-ring (bicyclic) bond motifs is 1. The Morgan fingerprint density at radius 1 is 1.48 bits per heavy atom. The molecule has 2 heterocycles. The van der Waals surface area contributed by atoms with E-state index in [0.29, 0.717) is 19.3 Å². The lowest BCUT2D eigenvalue weighted by atomic mass is 10.2. The average Bonchev–Trinajstić information content (AvgIpc) is 3.14. The van der Waals surface area contributed by atoms with Gasteiger partial charge in [0.05, 0.1) is 37.5 Å². The highest BCUT2D eigenvalue weighted by Gasteiger charge is 2.15. The van der Waals surface area contributed by atoms with E-state index in [1.807, 2.05) is 18.2 Å². The van der Waals surface area contributed by atoms with Crippen molar-refractivity contribution in [1.82, 2.24) is 9.97 Å². The van der Waals surface area contributed by atoms with E-state index >= 15 is 0 Å². The van der Waals surface area contributed by atoms with Gasteiger partial charge in [-0.2, -0.15) is 0 Å². The molecular weight excluding hydrogens is 288 g/mol. The number of aromatic nitrogens is 2. The number of methoxy groups -OCH3 is 1. The van der Waals surface area contributed by atoms with Crippen LogP contribution in [-0.2, 0) is 9.47 Å². The van der Waals surface area contributed by atoms with Crippen LogP contribution in [0.1, 0.15) is 12.8 Å². The quantitative estimate of drug-likeness (QED) is 0.629. The van der Waals surface area contributed by atoms with Gasteiger partial charge in [-0.05, 0) is 25.0 Å². The van der Waals surface area contributed by atoms with Gasteiger partial charge in [-0.3, -0.25) is 0 Å². The summed E-state index contributed by atoms with van der Waals surface area (Å²) in [6, 6.07) is 5.84. The third-order valence-electron chi connectivity index (χ3n) is 3.46. The summed E-state index contributed by atoms with van der Waals surface area (Å²) in [5, 5.41) is 0.916. The third-order valence-corrected chi connectivity index (χ3v) is 4.30. The van der Waals surface area contributed by atoms with E-state index < -0.39 is 0 Å². The summed E-state index contributed by atoms with van der Waals surface area (Å²) in [4.78, 5) is 7.83. The Morgan fingerprint density at radius 3 is 3.24 bits per heavy atom. The van der Waals surface area contributed by atoms with Gasteiger partial charge in [0.2, 0.25) is 0 Å². The van der Waals surface area contributed by atoms with Crippen LogP contribution in [0.15, 0.2) is 23.4 Å². The SMILES string of the molecule is COc1ccc2nc(SCCOCC3CCCO3)[nH]c2c1. The van der Waals surface area contributed by atoms with Crippen LogP contribution in [-0.4, -0.2) is 48.8 Å². The number of benzene rings is 1. The number of imidazole rings is 1. The number of nitrogens with one attached hydrogen (secondary N) is 1. The molecule has 1 aromatic carbocycles. The van der Waals surface area contributed by atoms with Crippen molar-refractivity contribution < 1.29 is 14.2 Å². The van der Waals surface area contributed by atoms with E-state index in [1.165, 1.54) is 0 Å². The summed E-state index contributed by atoms with van der Waals surface area (Å²) in [6.45, 7) is 2.30.